The Kier molecular flexibility index (Phi) is 7.92. The minimum absolute atomic E-state index is 0.0408. The fourth-order valence-electron chi connectivity index (χ4n) is 4.69. The third kappa shape index (κ3) is 6.39. The van der Waals surface area contributed by atoms with Gasteiger partial charge < -0.3 is 14.7 Å². The summed E-state index contributed by atoms with van der Waals surface area (Å²) in [4.78, 5) is 22.1. The first-order chi connectivity index (χ1) is 15.6. The van der Waals surface area contributed by atoms with Crippen molar-refractivity contribution in [1.82, 2.24) is 25.3 Å². The monoisotopic (exact) mass is 439 g/mol. The summed E-state index contributed by atoms with van der Waals surface area (Å²) in [6, 6.07) is 8.12. The van der Waals surface area contributed by atoms with Crippen LogP contribution in [0.2, 0.25) is 0 Å². The van der Waals surface area contributed by atoms with E-state index in [0.29, 0.717) is 18.3 Å². The normalized spacial score (nSPS) is 21.0. The van der Waals surface area contributed by atoms with E-state index in [-0.39, 0.29) is 11.8 Å². The molecule has 1 atom stereocenters. The Morgan fingerprint density at radius 3 is 2.69 bits per heavy atom. The van der Waals surface area contributed by atoms with Crippen LogP contribution >= 0.6 is 0 Å². The number of nitrogens with zero attached hydrogens (tertiary/aromatic N) is 4. The molecule has 2 aliphatic heterocycles. The third-order valence-corrected chi connectivity index (χ3v) is 6.84. The summed E-state index contributed by atoms with van der Waals surface area (Å²) in [5, 5.41) is 7.30. The molecule has 1 N–H and O–H groups in total. The number of carbonyl (C=O) groups is 1. The molecule has 0 radical (unpaired) electrons. The van der Waals surface area contributed by atoms with E-state index in [0.717, 1.165) is 56.9 Å². The van der Waals surface area contributed by atoms with Crippen LogP contribution in [0.4, 0.5) is 0 Å². The zero-order valence-electron chi connectivity index (χ0n) is 19.6. The van der Waals surface area contributed by atoms with Gasteiger partial charge in [0.05, 0.1) is 12.5 Å². The molecule has 1 unspecified atom stereocenters. The second-order valence-corrected chi connectivity index (χ2v) is 9.62. The maximum absolute atomic E-state index is 12.7. The number of likely N-dealkylation sites (tertiary alicyclic amines) is 2. The van der Waals surface area contributed by atoms with Crippen molar-refractivity contribution < 1.29 is 9.32 Å². The SMILES string of the molecule is Cc1ccc(-c2noc(CN3CCCC(C(=O)NCCCN4CCC(C)CC4)C3)n2)cc1. The average Bonchev–Trinajstić information content (AvgIpc) is 3.27. The molecule has 1 amide bonds. The Hall–Kier alpha value is -2.25. The molecule has 2 saturated heterocycles. The van der Waals surface area contributed by atoms with E-state index in [9.17, 15) is 4.79 Å². The van der Waals surface area contributed by atoms with Gasteiger partial charge in [0.2, 0.25) is 17.6 Å². The van der Waals surface area contributed by atoms with Gasteiger partial charge in [-0.15, -0.1) is 0 Å². The van der Waals surface area contributed by atoms with Crippen molar-refractivity contribution in [2.45, 2.75) is 52.5 Å². The number of amides is 1. The molecule has 2 fully saturated rings. The fraction of sp³-hybridized carbons (Fsp3) is 0.640. The third-order valence-electron chi connectivity index (χ3n) is 6.84. The molecule has 7 heteroatoms. The second-order valence-electron chi connectivity index (χ2n) is 9.62. The van der Waals surface area contributed by atoms with Crippen LogP contribution in [-0.2, 0) is 11.3 Å². The van der Waals surface area contributed by atoms with Gasteiger partial charge >= 0.3 is 0 Å². The highest BCUT2D eigenvalue weighted by Gasteiger charge is 2.27. The summed E-state index contributed by atoms with van der Waals surface area (Å²) in [7, 11) is 0. The van der Waals surface area contributed by atoms with Gasteiger partial charge in [0.1, 0.15) is 0 Å². The van der Waals surface area contributed by atoms with Crippen molar-refractivity contribution >= 4 is 5.91 Å². The molecular formula is C25H37N5O2. The van der Waals surface area contributed by atoms with Crippen molar-refractivity contribution in [2.24, 2.45) is 11.8 Å². The van der Waals surface area contributed by atoms with E-state index in [2.05, 4.69) is 39.1 Å². The van der Waals surface area contributed by atoms with Crippen LogP contribution in [-0.4, -0.2) is 65.1 Å². The number of hydrogen-bond donors (Lipinski definition) is 1. The number of aromatic nitrogens is 2. The lowest BCUT2D eigenvalue weighted by atomic mass is 9.97. The van der Waals surface area contributed by atoms with Crippen LogP contribution in [0.15, 0.2) is 28.8 Å². The lowest BCUT2D eigenvalue weighted by molar-refractivity contribution is -0.126. The Labute approximate surface area is 191 Å². The van der Waals surface area contributed by atoms with Crippen molar-refractivity contribution in [3.8, 4) is 11.4 Å². The van der Waals surface area contributed by atoms with Crippen LogP contribution in [0.5, 0.6) is 0 Å². The van der Waals surface area contributed by atoms with E-state index in [4.69, 9.17) is 4.52 Å². The Morgan fingerprint density at radius 1 is 1.12 bits per heavy atom. The maximum Gasteiger partial charge on any atom is 0.241 e. The largest absolute Gasteiger partial charge is 0.356 e. The van der Waals surface area contributed by atoms with Crippen molar-refractivity contribution in [1.29, 1.82) is 0 Å². The molecule has 0 spiro atoms. The fourth-order valence-corrected chi connectivity index (χ4v) is 4.69. The van der Waals surface area contributed by atoms with Crippen LogP contribution in [0, 0.1) is 18.8 Å². The molecule has 1 aromatic heterocycles. The predicted octanol–water partition coefficient (Wildman–Crippen LogP) is 3.50. The van der Waals surface area contributed by atoms with Crippen LogP contribution in [0.1, 0.15) is 50.5 Å². The van der Waals surface area contributed by atoms with Crippen molar-refractivity contribution in [3.05, 3.63) is 35.7 Å². The lowest BCUT2D eigenvalue weighted by Gasteiger charge is -2.31. The highest BCUT2D eigenvalue weighted by molar-refractivity contribution is 5.78. The molecule has 0 bridgehead atoms. The number of hydrogen-bond acceptors (Lipinski definition) is 6. The zero-order chi connectivity index (χ0) is 22.3. The first-order valence-corrected chi connectivity index (χ1v) is 12.2. The number of carbonyl (C=O) groups excluding carboxylic acids is 1. The minimum Gasteiger partial charge on any atom is -0.356 e. The number of nitrogens with one attached hydrogen (secondary N) is 1. The molecule has 0 saturated carbocycles. The Bertz CT molecular complexity index is 857. The molecule has 7 nitrogen and oxygen atoms in total. The number of aryl methyl sites for hydroxylation is 1. The predicted molar refractivity (Wildman–Crippen MR) is 125 cm³/mol. The average molecular weight is 440 g/mol. The smallest absolute Gasteiger partial charge is 0.241 e. The van der Waals surface area contributed by atoms with Crippen LogP contribution < -0.4 is 5.32 Å². The lowest BCUT2D eigenvalue weighted by Crippen LogP contribution is -2.43. The highest BCUT2D eigenvalue weighted by Crippen LogP contribution is 2.21. The molecular weight excluding hydrogens is 402 g/mol. The second kappa shape index (κ2) is 11.1. The Balaban J connectivity index is 1.19. The number of rotatable bonds is 8. The summed E-state index contributed by atoms with van der Waals surface area (Å²) in [5.41, 5.74) is 2.16. The topological polar surface area (TPSA) is 74.5 Å². The molecule has 4 rings (SSSR count). The molecule has 3 heterocycles. The van der Waals surface area contributed by atoms with Gasteiger partial charge in [0.15, 0.2) is 0 Å². The summed E-state index contributed by atoms with van der Waals surface area (Å²) >= 11 is 0. The zero-order valence-corrected chi connectivity index (χ0v) is 19.6. The molecule has 174 valence electrons. The Morgan fingerprint density at radius 2 is 1.91 bits per heavy atom. The van der Waals surface area contributed by atoms with E-state index >= 15 is 0 Å². The van der Waals surface area contributed by atoms with Crippen LogP contribution in [0.3, 0.4) is 0 Å². The van der Waals surface area contributed by atoms with Gasteiger partial charge in [-0.3, -0.25) is 9.69 Å². The van der Waals surface area contributed by atoms with Gasteiger partial charge in [-0.1, -0.05) is 41.9 Å². The van der Waals surface area contributed by atoms with E-state index < -0.39 is 0 Å². The van der Waals surface area contributed by atoms with E-state index in [1.54, 1.807) is 0 Å². The van der Waals surface area contributed by atoms with Crippen molar-refractivity contribution in [2.75, 3.05) is 39.3 Å². The summed E-state index contributed by atoms with van der Waals surface area (Å²) in [6.07, 6.45) is 5.60. The molecule has 32 heavy (non-hydrogen) atoms. The molecule has 2 aromatic rings. The first kappa shape index (κ1) is 22.9. The van der Waals surface area contributed by atoms with Gasteiger partial charge in [-0.05, 0) is 71.1 Å². The van der Waals surface area contributed by atoms with E-state index in [1.165, 1.54) is 31.5 Å². The standard InChI is InChI=1S/C25H37N5O2/c1-19-6-8-21(9-7-19)24-27-23(32-28-24)18-30-13-3-5-22(17-30)25(31)26-12-4-14-29-15-10-20(2)11-16-29/h6-9,20,22H,3-5,10-18H2,1-2H3,(H,26,31). The van der Waals surface area contributed by atoms with Gasteiger partial charge in [0, 0.05) is 18.7 Å². The summed E-state index contributed by atoms with van der Waals surface area (Å²) < 4.78 is 5.48. The van der Waals surface area contributed by atoms with E-state index in [1.807, 2.05) is 24.3 Å². The minimum atomic E-state index is 0.0408. The first-order valence-electron chi connectivity index (χ1n) is 12.2. The molecule has 2 aliphatic rings. The number of piperidine rings is 2. The maximum atomic E-state index is 12.7. The van der Waals surface area contributed by atoms with Crippen molar-refractivity contribution in [3.63, 3.8) is 0 Å². The molecule has 1 aromatic carbocycles. The quantitative estimate of drug-likeness (QED) is 0.635. The van der Waals surface area contributed by atoms with Crippen LogP contribution in [0.25, 0.3) is 11.4 Å². The van der Waals surface area contributed by atoms with Gasteiger partial charge in [-0.2, -0.15) is 4.98 Å². The summed E-state index contributed by atoms with van der Waals surface area (Å²) in [5.74, 6) is 2.32. The summed E-state index contributed by atoms with van der Waals surface area (Å²) in [6.45, 7) is 11.0. The highest BCUT2D eigenvalue weighted by atomic mass is 16.5. The van der Waals surface area contributed by atoms with Gasteiger partial charge in [0.25, 0.3) is 0 Å². The van der Waals surface area contributed by atoms with Gasteiger partial charge in [-0.25, -0.2) is 0 Å². The number of benzene rings is 1. The molecule has 0 aliphatic carbocycles.